The van der Waals surface area contributed by atoms with Crippen molar-refractivity contribution in [2.24, 2.45) is 0 Å². The lowest BCUT2D eigenvalue weighted by Gasteiger charge is -2.09. The fourth-order valence-corrected chi connectivity index (χ4v) is 1.90. The molecule has 21 heavy (non-hydrogen) atoms. The van der Waals surface area contributed by atoms with Crippen molar-refractivity contribution in [1.82, 2.24) is 5.32 Å². The van der Waals surface area contributed by atoms with E-state index in [4.69, 9.17) is 4.74 Å². The molecule has 0 heterocycles. The first kappa shape index (κ1) is 14.9. The first-order valence-electron chi connectivity index (χ1n) is 6.39. The molecule has 0 aliphatic rings. The lowest BCUT2D eigenvalue weighted by atomic mass is 10.2. The number of nitrogens with one attached hydrogen (secondary N) is 1. The lowest BCUT2D eigenvalue weighted by molar-refractivity contribution is -0.384. The van der Waals surface area contributed by atoms with Crippen LogP contribution < -0.4 is 10.1 Å². The smallest absolute Gasteiger partial charge is 0.269 e. The number of non-ortho nitro benzene ring substituents is 1. The van der Waals surface area contributed by atoms with Crippen LogP contribution in [0.3, 0.4) is 0 Å². The average Bonchev–Trinajstić information content (AvgIpc) is 2.47. The summed E-state index contributed by atoms with van der Waals surface area (Å²) in [5.74, 6) is -0.324. The Labute approximate surface area is 121 Å². The van der Waals surface area contributed by atoms with Crippen LogP contribution in [0.2, 0.25) is 0 Å². The van der Waals surface area contributed by atoms with Gasteiger partial charge in [0.1, 0.15) is 6.61 Å². The van der Waals surface area contributed by atoms with Gasteiger partial charge in [0.2, 0.25) is 0 Å². The molecule has 110 valence electrons. The topological polar surface area (TPSA) is 64.4 Å². The summed E-state index contributed by atoms with van der Waals surface area (Å²) in [6, 6.07) is 10.8. The summed E-state index contributed by atoms with van der Waals surface area (Å²) < 4.78 is 19.2. The second kappa shape index (κ2) is 6.81. The molecule has 0 saturated heterocycles. The van der Waals surface area contributed by atoms with Crippen LogP contribution >= 0.6 is 0 Å². The van der Waals surface area contributed by atoms with Crippen LogP contribution in [0.25, 0.3) is 0 Å². The average molecular weight is 290 g/mol. The molecular weight excluding hydrogens is 275 g/mol. The molecule has 5 nitrogen and oxygen atoms in total. The summed E-state index contributed by atoms with van der Waals surface area (Å²) in [7, 11) is 1.78. The van der Waals surface area contributed by atoms with Crippen LogP contribution in [0.5, 0.6) is 5.75 Å². The number of nitro groups is 1. The van der Waals surface area contributed by atoms with Crippen LogP contribution in [0.15, 0.2) is 42.5 Å². The third-order valence-electron chi connectivity index (χ3n) is 2.89. The quantitative estimate of drug-likeness (QED) is 0.656. The molecule has 0 fully saturated rings. The highest BCUT2D eigenvalue weighted by Crippen LogP contribution is 2.21. The van der Waals surface area contributed by atoms with Crippen molar-refractivity contribution >= 4 is 5.69 Å². The van der Waals surface area contributed by atoms with Crippen molar-refractivity contribution in [2.75, 3.05) is 7.05 Å². The van der Waals surface area contributed by atoms with Crippen molar-refractivity contribution in [2.45, 2.75) is 13.2 Å². The van der Waals surface area contributed by atoms with Gasteiger partial charge in [0.05, 0.1) is 4.92 Å². The van der Waals surface area contributed by atoms with Crippen molar-refractivity contribution in [3.05, 3.63) is 69.5 Å². The van der Waals surface area contributed by atoms with Crippen LogP contribution in [-0.2, 0) is 13.2 Å². The SMILES string of the molecule is CNCc1ccc(OCc2cccc([N+](=O)[O-])c2)c(F)c1. The number of halogens is 1. The molecule has 2 aromatic carbocycles. The van der Waals surface area contributed by atoms with Gasteiger partial charge >= 0.3 is 0 Å². The molecule has 0 aliphatic carbocycles. The molecule has 0 atom stereocenters. The number of benzene rings is 2. The van der Waals surface area contributed by atoms with Gasteiger partial charge in [-0.25, -0.2) is 4.39 Å². The maximum absolute atomic E-state index is 13.8. The van der Waals surface area contributed by atoms with Crippen LogP contribution in [0, 0.1) is 15.9 Å². The predicted molar refractivity (Wildman–Crippen MR) is 76.6 cm³/mol. The molecule has 0 saturated carbocycles. The molecule has 0 unspecified atom stereocenters. The zero-order chi connectivity index (χ0) is 15.2. The number of ether oxygens (including phenoxy) is 1. The molecule has 2 aromatic rings. The summed E-state index contributed by atoms with van der Waals surface area (Å²) in [6.07, 6.45) is 0. The van der Waals surface area contributed by atoms with E-state index in [1.807, 2.05) is 0 Å². The van der Waals surface area contributed by atoms with E-state index in [2.05, 4.69) is 5.32 Å². The van der Waals surface area contributed by atoms with E-state index < -0.39 is 10.7 Å². The molecule has 0 aromatic heterocycles. The zero-order valence-electron chi connectivity index (χ0n) is 11.5. The van der Waals surface area contributed by atoms with E-state index in [1.54, 1.807) is 31.3 Å². The highest BCUT2D eigenvalue weighted by Gasteiger charge is 2.08. The Morgan fingerprint density at radius 2 is 2.05 bits per heavy atom. The molecule has 0 amide bonds. The Kier molecular flexibility index (Phi) is 4.84. The van der Waals surface area contributed by atoms with Crippen LogP contribution in [0.1, 0.15) is 11.1 Å². The number of rotatable bonds is 6. The van der Waals surface area contributed by atoms with E-state index in [1.165, 1.54) is 18.2 Å². The zero-order valence-corrected chi connectivity index (χ0v) is 11.5. The standard InChI is InChI=1S/C15H15FN2O3/c1-17-9-11-5-6-15(14(16)8-11)21-10-12-3-2-4-13(7-12)18(19)20/h2-8,17H,9-10H2,1H3. The normalized spacial score (nSPS) is 10.4. The van der Waals surface area contributed by atoms with E-state index in [-0.39, 0.29) is 18.0 Å². The van der Waals surface area contributed by atoms with E-state index in [9.17, 15) is 14.5 Å². The van der Waals surface area contributed by atoms with E-state index in [0.717, 1.165) is 5.56 Å². The molecule has 0 spiro atoms. The summed E-state index contributed by atoms with van der Waals surface area (Å²) in [5, 5.41) is 13.6. The molecule has 0 aliphatic heterocycles. The molecule has 1 N–H and O–H groups in total. The molecule has 2 rings (SSSR count). The minimum atomic E-state index is -0.476. The van der Waals surface area contributed by atoms with Gasteiger partial charge in [0, 0.05) is 18.7 Å². The second-order valence-corrected chi connectivity index (χ2v) is 4.51. The van der Waals surface area contributed by atoms with Gasteiger partial charge in [0.25, 0.3) is 5.69 Å². The Morgan fingerprint density at radius 1 is 1.24 bits per heavy atom. The number of nitrogens with zero attached hydrogens (tertiary/aromatic N) is 1. The van der Waals surface area contributed by atoms with Gasteiger partial charge in [-0.05, 0) is 30.3 Å². The lowest BCUT2D eigenvalue weighted by Crippen LogP contribution is -2.05. The summed E-state index contributed by atoms with van der Waals surface area (Å²) >= 11 is 0. The number of hydrogen-bond donors (Lipinski definition) is 1. The molecule has 0 bridgehead atoms. The minimum absolute atomic E-state index is 0.0130. The predicted octanol–water partition coefficient (Wildman–Crippen LogP) is 3.03. The Hall–Kier alpha value is -2.47. The fraction of sp³-hybridized carbons (Fsp3) is 0.200. The first-order chi connectivity index (χ1) is 10.1. The third kappa shape index (κ3) is 4.00. The van der Waals surface area contributed by atoms with Crippen molar-refractivity contribution in [1.29, 1.82) is 0 Å². The van der Waals surface area contributed by atoms with E-state index in [0.29, 0.717) is 12.1 Å². The summed E-state index contributed by atoms with van der Waals surface area (Å²) in [4.78, 5) is 10.2. The van der Waals surface area contributed by atoms with Crippen LogP contribution in [0.4, 0.5) is 10.1 Å². The first-order valence-corrected chi connectivity index (χ1v) is 6.39. The maximum Gasteiger partial charge on any atom is 0.269 e. The number of nitro benzene ring substituents is 1. The summed E-state index contributed by atoms with van der Waals surface area (Å²) in [6.45, 7) is 0.645. The Balaban J connectivity index is 2.06. The molecular formula is C15H15FN2O3. The highest BCUT2D eigenvalue weighted by molar-refractivity contribution is 5.35. The summed E-state index contributed by atoms with van der Waals surface area (Å²) in [5.41, 5.74) is 1.42. The van der Waals surface area contributed by atoms with Gasteiger partial charge in [-0.3, -0.25) is 10.1 Å². The van der Waals surface area contributed by atoms with Crippen molar-refractivity contribution < 1.29 is 14.1 Å². The Morgan fingerprint density at radius 3 is 2.71 bits per heavy atom. The van der Waals surface area contributed by atoms with Crippen molar-refractivity contribution in [3.8, 4) is 5.75 Å². The number of hydrogen-bond acceptors (Lipinski definition) is 4. The van der Waals surface area contributed by atoms with Gasteiger partial charge in [-0.15, -0.1) is 0 Å². The van der Waals surface area contributed by atoms with Gasteiger partial charge in [-0.1, -0.05) is 18.2 Å². The maximum atomic E-state index is 13.8. The van der Waals surface area contributed by atoms with E-state index >= 15 is 0 Å². The van der Waals surface area contributed by atoms with Gasteiger partial charge < -0.3 is 10.1 Å². The molecule has 0 radical (unpaired) electrons. The van der Waals surface area contributed by atoms with Crippen molar-refractivity contribution in [3.63, 3.8) is 0 Å². The van der Waals surface area contributed by atoms with Gasteiger partial charge in [0.15, 0.2) is 11.6 Å². The Bertz CT molecular complexity index is 647. The fourth-order valence-electron chi connectivity index (χ4n) is 1.90. The second-order valence-electron chi connectivity index (χ2n) is 4.51. The minimum Gasteiger partial charge on any atom is -0.486 e. The monoisotopic (exact) mass is 290 g/mol. The van der Waals surface area contributed by atoms with Gasteiger partial charge in [-0.2, -0.15) is 0 Å². The van der Waals surface area contributed by atoms with Crippen LogP contribution in [-0.4, -0.2) is 12.0 Å². The largest absolute Gasteiger partial charge is 0.486 e. The molecule has 6 heteroatoms. The highest BCUT2D eigenvalue weighted by atomic mass is 19.1. The third-order valence-corrected chi connectivity index (χ3v) is 2.89.